The molecule has 3 N–H and O–H groups in total. The highest BCUT2D eigenvalue weighted by molar-refractivity contribution is 7.80. The van der Waals surface area contributed by atoms with Crippen molar-refractivity contribution in [2.45, 2.75) is 6.54 Å². The lowest BCUT2D eigenvalue weighted by Gasteiger charge is -2.25. The molecule has 0 fully saturated rings. The summed E-state index contributed by atoms with van der Waals surface area (Å²) < 4.78 is 15.8. The number of nitrogens with zero attached hydrogens (tertiary/aromatic N) is 1. The SMILES string of the molecule is COc1ccc(NC(=S)N(CCO)Cc2cc3cc(OC)c(OC)cc3[nH]c2=O)cc1. The molecule has 0 saturated heterocycles. The van der Waals surface area contributed by atoms with E-state index in [1.54, 1.807) is 44.4 Å². The first-order chi connectivity index (χ1) is 15.0. The molecule has 3 rings (SSSR count). The van der Waals surface area contributed by atoms with Crippen LogP contribution in [0, 0.1) is 0 Å². The standard InChI is InChI=1S/C22H25N3O5S/c1-28-17-6-4-16(5-7-17)23-22(31)25(8-9-26)13-15-10-14-11-19(29-2)20(30-3)12-18(14)24-21(15)27/h4-7,10-12,26H,8-9,13H2,1-3H3,(H,23,31)(H,24,27). The van der Waals surface area contributed by atoms with E-state index in [1.165, 1.54) is 0 Å². The lowest BCUT2D eigenvalue weighted by Crippen LogP contribution is -2.37. The van der Waals surface area contributed by atoms with E-state index in [0.717, 1.165) is 16.8 Å². The first-order valence-corrected chi connectivity index (χ1v) is 9.98. The van der Waals surface area contributed by atoms with E-state index in [0.29, 0.717) is 27.7 Å². The van der Waals surface area contributed by atoms with Crippen LogP contribution in [0.4, 0.5) is 5.69 Å². The Kier molecular flexibility index (Phi) is 7.32. The zero-order valence-electron chi connectivity index (χ0n) is 17.6. The molecule has 0 aliphatic heterocycles. The molecule has 3 aromatic rings. The number of aliphatic hydroxyl groups is 1. The number of hydrogen-bond donors (Lipinski definition) is 3. The van der Waals surface area contributed by atoms with Crippen molar-refractivity contribution < 1.29 is 19.3 Å². The first kappa shape index (κ1) is 22.4. The van der Waals surface area contributed by atoms with Gasteiger partial charge in [0.05, 0.1) is 40.0 Å². The van der Waals surface area contributed by atoms with E-state index in [9.17, 15) is 9.90 Å². The van der Waals surface area contributed by atoms with Gasteiger partial charge in [-0.15, -0.1) is 0 Å². The number of aromatic amines is 1. The van der Waals surface area contributed by atoms with Crippen LogP contribution in [0.2, 0.25) is 0 Å². The third-order valence-corrected chi connectivity index (χ3v) is 5.15. The zero-order valence-corrected chi connectivity index (χ0v) is 18.4. The number of fused-ring (bicyclic) bond motifs is 1. The van der Waals surface area contributed by atoms with E-state index in [1.807, 2.05) is 24.3 Å². The fourth-order valence-electron chi connectivity index (χ4n) is 3.15. The molecule has 0 atom stereocenters. The van der Waals surface area contributed by atoms with Gasteiger partial charge in [-0.3, -0.25) is 4.79 Å². The average molecular weight is 444 g/mol. The van der Waals surface area contributed by atoms with Crippen LogP contribution < -0.4 is 25.1 Å². The Hall–Kier alpha value is -3.30. The lowest BCUT2D eigenvalue weighted by atomic mass is 10.1. The summed E-state index contributed by atoms with van der Waals surface area (Å²) in [5.74, 6) is 1.83. The van der Waals surface area contributed by atoms with Crippen LogP contribution in [0.25, 0.3) is 10.9 Å². The van der Waals surface area contributed by atoms with Crippen molar-refractivity contribution in [2.75, 3.05) is 39.8 Å². The van der Waals surface area contributed by atoms with Crippen molar-refractivity contribution in [1.29, 1.82) is 0 Å². The minimum atomic E-state index is -0.241. The molecule has 2 aromatic carbocycles. The molecule has 164 valence electrons. The van der Waals surface area contributed by atoms with Gasteiger partial charge in [-0.05, 0) is 48.6 Å². The first-order valence-electron chi connectivity index (χ1n) is 9.57. The van der Waals surface area contributed by atoms with Gasteiger partial charge < -0.3 is 34.5 Å². The van der Waals surface area contributed by atoms with Crippen molar-refractivity contribution in [3.05, 3.63) is 58.4 Å². The van der Waals surface area contributed by atoms with Crippen LogP contribution in [0.15, 0.2) is 47.3 Å². The number of anilines is 1. The molecular weight excluding hydrogens is 418 g/mol. The summed E-state index contributed by atoms with van der Waals surface area (Å²) in [5, 5.41) is 13.8. The van der Waals surface area contributed by atoms with Gasteiger partial charge in [0.1, 0.15) is 5.75 Å². The predicted octanol–water partition coefficient (Wildman–Crippen LogP) is 2.75. The van der Waals surface area contributed by atoms with Crippen LogP contribution in [0.3, 0.4) is 0 Å². The quantitative estimate of drug-likeness (QED) is 0.458. The maximum atomic E-state index is 12.7. The number of benzene rings is 2. The zero-order chi connectivity index (χ0) is 22.4. The van der Waals surface area contributed by atoms with E-state index in [-0.39, 0.29) is 25.3 Å². The number of ether oxygens (including phenoxy) is 3. The number of thiocarbonyl (C=S) groups is 1. The third kappa shape index (κ3) is 5.25. The van der Waals surface area contributed by atoms with Crippen molar-refractivity contribution in [3.8, 4) is 17.2 Å². The van der Waals surface area contributed by atoms with Crippen LogP contribution in [0.5, 0.6) is 17.2 Å². The van der Waals surface area contributed by atoms with Crippen LogP contribution in [-0.4, -0.2) is 54.6 Å². The Morgan fingerprint density at radius 3 is 2.35 bits per heavy atom. The highest BCUT2D eigenvalue weighted by Crippen LogP contribution is 2.31. The normalized spacial score (nSPS) is 10.6. The van der Waals surface area contributed by atoms with E-state index < -0.39 is 0 Å². The summed E-state index contributed by atoms with van der Waals surface area (Å²) in [6.07, 6.45) is 0. The van der Waals surface area contributed by atoms with Gasteiger partial charge >= 0.3 is 0 Å². The Bertz CT molecular complexity index is 1110. The number of H-pyrrole nitrogens is 1. The summed E-state index contributed by atoms with van der Waals surface area (Å²) in [6.45, 7) is 0.383. The number of aromatic nitrogens is 1. The molecule has 31 heavy (non-hydrogen) atoms. The molecule has 0 unspecified atom stereocenters. The van der Waals surface area contributed by atoms with E-state index >= 15 is 0 Å². The number of nitrogens with one attached hydrogen (secondary N) is 2. The molecule has 9 heteroatoms. The van der Waals surface area contributed by atoms with Crippen molar-refractivity contribution in [2.24, 2.45) is 0 Å². The molecule has 0 radical (unpaired) electrons. The molecule has 1 heterocycles. The van der Waals surface area contributed by atoms with E-state index in [4.69, 9.17) is 26.4 Å². The third-order valence-electron chi connectivity index (χ3n) is 4.78. The van der Waals surface area contributed by atoms with Gasteiger partial charge in [0, 0.05) is 29.2 Å². The fraction of sp³-hybridized carbons (Fsp3) is 0.273. The fourth-order valence-corrected chi connectivity index (χ4v) is 3.42. The van der Waals surface area contributed by atoms with Crippen LogP contribution in [0.1, 0.15) is 5.56 Å². The Morgan fingerprint density at radius 1 is 1.06 bits per heavy atom. The monoisotopic (exact) mass is 443 g/mol. The molecular formula is C22H25N3O5S. The molecule has 0 aliphatic rings. The smallest absolute Gasteiger partial charge is 0.253 e. The second-order valence-electron chi connectivity index (χ2n) is 6.72. The number of pyridine rings is 1. The molecule has 8 nitrogen and oxygen atoms in total. The number of hydrogen-bond acceptors (Lipinski definition) is 6. The second kappa shape index (κ2) is 10.1. The molecule has 0 aliphatic carbocycles. The van der Waals surface area contributed by atoms with Crippen LogP contribution in [-0.2, 0) is 6.54 Å². The van der Waals surface area contributed by atoms with Crippen molar-refractivity contribution in [1.82, 2.24) is 9.88 Å². The molecule has 0 spiro atoms. The minimum absolute atomic E-state index is 0.110. The maximum absolute atomic E-state index is 12.7. The van der Waals surface area contributed by atoms with Gasteiger partial charge in [0.2, 0.25) is 0 Å². The lowest BCUT2D eigenvalue weighted by molar-refractivity contribution is 0.248. The summed E-state index contributed by atoms with van der Waals surface area (Å²) in [7, 11) is 4.70. The topological polar surface area (TPSA) is 96.1 Å². The van der Waals surface area contributed by atoms with Gasteiger partial charge in [0.15, 0.2) is 16.6 Å². The Morgan fingerprint density at radius 2 is 1.74 bits per heavy atom. The number of rotatable bonds is 8. The summed E-state index contributed by atoms with van der Waals surface area (Å²) >= 11 is 5.52. The van der Waals surface area contributed by atoms with E-state index in [2.05, 4.69) is 10.3 Å². The van der Waals surface area contributed by atoms with Crippen molar-refractivity contribution in [3.63, 3.8) is 0 Å². The van der Waals surface area contributed by atoms with Gasteiger partial charge in [-0.25, -0.2) is 0 Å². The van der Waals surface area contributed by atoms with Crippen LogP contribution >= 0.6 is 12.2 Å². The highest BCUT2D eigenvalue weighted by Gasteiger charge is 2.15. The summed E-state index contributed by atoms with van der Waals surface area (Å²) in [5.41, 5.74) is 1.68. The molecule has 0 bridgehead atoms. The molecule has 0 amide bonds. The van der Waals surface area contributed by atoms with Gasteiger partial charge in [-0.1, -0.05) is 0 Å². The molecule has 1 aromatic heterocycles. The second-order valence-corrected chi connectivity index (χ2v) is 7.11. The average Bonchev–Trinajstić information content (AvgIpc) is 2.78. The molecule has 0 saturated carbocycles. The number of aliphatic hydroxyl groups excluding tert-OH is 1. The predicted molar refractivity (Wildman–Crippen MR) is 124 cm³/mol. The van der Waals surface area contributed by atoms with Gasteiger partial charge in [0.25, 0.3) is 5.56 Å². The number of methoxy groups -OCH3 is 3. The Labute approximate surface area is 185 Å². The summed E-state index contributed by atoms with van der Waals surface area (Å²) in [6, 6.07) is 12.6. The van der Waals surface area contributed by atoms with Gasteiger partial charge in [-0.2, -0.15) is 0 Å². The summed E-state index contributed by atoms with van der Waals surface area (Å²) in [4.78, 5) is 17.3. The minimum Gasteiger partial charge on any atom is -0.497 e. The Balaban J connectivity index is 1.86. The largest absolute Gasteiger partial charge is 0.497 e. The maximum Gasteiger partial charge on any atom is 0.253 e. The highest BCUT2D eigenvalue weighted by atomic mass is 32.1. The van der Waals surface area contributed by atoms with Crippen molar-refractivity contribution >= 4 is 33.9 Å².